The van der Waals surface area contributed by atoms with Gasteiger partial charge in [-0.15, -0.1) is 0 Å². The van der Waals surface area contributed by atoms with Gasteiger partial charge in [-0.3, -0.25) is 0 Å². The Hall–Kier alpha value is -1.50. The summed E-state index contributed by atoms with van der Waals surface area (Å²) in [4.78, 5) is 21.3. The van der Waals surface area contributed by atoms with E-state index in [9.17, 15) is 4.79 Å². The molecule has 1 amide bonds. The standard InChI is InChI=1S/C18H26BrN3O3/c1-6-24-16-14(19)8-12-7-13-10-21(17(23)25-18(3,4)5)9-11(2)22(13)15(12)20-16/h8,11,13H,6-7,9-10H2,1-5H3/t11-,13-/m1/s1. The highest BCUT2D eigenvalue weighted by atomic mass is 79.9. The first-order valence-corrected chi connectivity index (χ1v) is 9.57. The summed E-state index contributed by atoms with van der Waals surface area (Å²) in [6.45, 7) is 11.6. The number of amides is 1. The summed E-state index contributed by atoms with van der Waals surface area (Å²) in [6.07, 6.45) is 0.635. The van der Waals surface area contributed by atoms with E-state index in [1.807, 2.05) is 32.6 Å². The van der Waals surface area contributed by atoms with Crippen LogP contribution in [0.5, 0.6) is 5.88 Å². The van der Waals surface area contributed by atoms with Crippen LogP contribution < -0.4 is 9.64 Å². The summed E-state index contributed by atoms with van der Waals surface area (Å²) in [5.41, 5.74) is 0.716. The van der Waals surface area contributed by atoms with Gasteiger partial charge in [-0.05, 0) is 68.6 Å². The van der Waals surface area contributed by atoms with Crippen LogP contribution in [0.15, 0.2) is 10.5 Å². The predicted octanol–water partition coefficient (Wildman–Crippen LogP) is 3.61. The maximum Gasteiger partial charge on any atom is 0.410 e. The summed E-state index contributed by atoms with van der Waals surface area (Å²) < 4.78 is 12.0. The Bertz CT molecular complexity index is 674. The second-order valence-corrected chi connectivity index (χ2v) is 8.54. The van der Waals surface area contributed by atoms with Gasteiger partial charge in [0.1, 0.15) is 11.4 Å². The number of carbonyl (C=O) groups excluding carboxylic acids is 1. The summed E-state index contributed by atoms with van der Waals surface area (Å²) in [7, 11) is 0. The lowest BCUT2D eigenvalue weighted by molar-refractivity contribution is 0.0191. The van der Waals surface area contributed by atoms with Gasteiger partial charge in [0.15, 0.2) is 0 Å². The predicted molar refractivity (Wildman–Crippen MR) is 100 cm³/mol. The van der Waals surface area contributed by atoms with Crippen molar-refractivity contribution in [2.45, 2.75) is 58.7 Å². The van der Waals surface area contributed by atoms with Gasteiger partial charge in [-0.1, -0.05) is 0 Å². The Kier molecular flexibility index (Phi) is 4.88. The zero-order chi connectivity index (χ0) is 18.4. The molecule has 0 radical (unpaired) electrons. The number of pyridine rings is 1. The highest BCUT2D eigenvalue weighted by Crippen LogP contribution is 2.39. The van der Waals surface area contributed by atoms with Crippen LogP contribution in [-0.2, 0) is 11.2 Å². The molecular formula is C18H26BrN3O3. The second kappa shape index (κ2) is 6.67. The molecule has 2 aliphatic heterocycles. The van der Waals surface area contributed by atoms with Crippen molar-refractivity contribution >= 4 is 27.8 Å². The van der Waals surface area contributed by atoms with Gasteiger partial charge >= 0.3 is 6.09 Å². The second-order valence-electron chi connectivity index (χ2n) is 7.69. The van der Waals surface area contributed by atoms with E-state index in [0.717, 1.165) is 16.7 Å². The number of rotatable bonds is 2. The monoisotopic (exact) mass is 411 g/mol. The summed E-state index contributed by atoms with van der Waals surface area (Å²) in [6, 6.07) is 2.49. The van der Waals surface area contributed by atoms with Gasteiger partial charge in [-0.25, -0.2) is 4.79 Å². The first kappa shape index (κ1) is 18.3. The number of nitrogens with zero attached hydrogens (tertiary/aromatic N) is 3. The highest BCUT2D eigenvalue weighted by Gasteiger charge is 2.42. The van der Waals surface area contributed by atoms with E-state index in [-0.39, 0.29) is 18.2 Å². The van der Waals surface area contributed by atoms with E-state index < -0.39 is 5.60 Å². The van der Waals surface area contributed by atoms with Gasteiger partial charge in [0.2, 0.25) is 5.88 Å². The van der Waals surface area contributed by atoms with E-state index in [1.54, 1.807) is 0 Å². The molecule has 1 saturated heterocycles. The molecule has 0 saturated carbocycles. The van der Waals surface area contributed by atoms with Gasteiger partial charge in [0, 0.05) is 19.1 Å². The third-order valence-corrected chi connectivity index (χ3v) is 4.98. The lowest BCUT2D eigenvalue weighted by Gasteiger charge is -2.43. The fourth-order valence-corrected chi connectivity index (χ4v) is 4.05. The van der Waals surface area contributed by atoms with Crippen LogP contribution >= 0.6 is 15.9 Å². The molecule has 138 valence electrons. The minimum Gasteiger partial charge on any atom is -0.477 e. The number of halogens is 1. The largest absolute Gasteiger partial charge is 0.477 e. The van der Waals surface area contributed by atoms with Crippen LogP contribution in [-0.4, -0.2) is 53.4 Å². The Balaban J connectivity index is 1.80. The Morgan fingerprint density at radius 1 is 1.40 bits per heavy atom. The number of piperazine rings is 1. The highest BCUT2D eigenvalue weighted by molar-refractivity contribution is 9.10. The third-order valence-electron chi connectivity index (χ3n) is 4.42. The molecule has 1 aromatic rings. The van der Waals surface area contributed by atoms with Gasteiger partial charge in [0.05, 0.1) is 17.1 Å². The fourth-order valence-electron chi connectivity index (χ4n) is 3.57. The Morgan fingerprint density at radius 3 is 2.76 bits per heavy atom. The average Bonchev–Trinajstić information content (AvgIpc) is 2.83. The molecule has 7 heteroatoms. The van der Waals surface area contributed by atoms with Crippen molar-refractivity contribution in [2.75, 3.05) is 24.6 Å². The van der Waals surface area contributed by atoms with Crippen molar-refractivity contribution < 1.29 is 14.3 Å². The summed E-state index contributed by atoms with van der Waals surface area (Å²) >= 11 is 3.54. The smallest absolute Gasteiger partial charge is 0.410 e. The molecule has 1 aromatic heterocycles. The van der Waals surface area contributed by atoms with Gasteiger partial charge < -0.3 is 19.3 Å². The molecule has 2 atom stereocenters. The summed E-state index contributed by atoms with van der Waals surface area (Å²) in [5.74, 6) is 1.61. The molecule has 0 spiro atoms. The maximum atomic E-state index is 12.5. The van der Waals surface area contributed by atoms with Crippen molar-refractivity contribution in [2.24, 2.45) is 0 Å². The van der Waals surface area contributed by atoms with Crippen LogP contribution in [0, 0.1) is 0 Å². The van der Waals surface area contributed by atoms with Crippen LogP contribution in [0.4, 0.5) is 10.6 Å². The molecule has 0 aromatic carbocycles. The zero-order valence-electron chi connectivity index (χ0n) is 15.5. The van der Waals surface area contributed by atoms with Crippen LogP contribution in [0.2, 0.25) is 0 Å². The Morgan fingerprint density at radius 2 is 2.12 bits per heavy atom. The quantitative estimate of drug-likeness (QED) is 0.743. The van der Waals surface area contributed by atoms with Crippen molar-refractivity contribution in [3.8, 4) is 5.88 Å². The fraction of sp³-hybridized carbons (Fsp3) is 0.667. The normalized spacial score (nSPS) is 22.5. The van der Waals surface area contributed by atoms with Crippen molar-refractivity contribution in [1.29, 1.82) is 0 Å². The van der Waals surface area contributed by atoms with Crippen LogP contribution in [0.1, 0.15) is 40.2 Å². The summed E-state index contributed by atoms with van der Waals surface area (Å²) in [5, 5.41) is 0. The zero-order valence-corrected chi connectivity index (χ0v) is 17.1. The van der Waals surface area contributed by atoms with E-state index in [4.69, 9.17) is 14.5 Å². The van der Waals surface area contributed by atoms with Crippen molar-refractivity contribution in [3.05, 3.63) is 16.1 Å². The molecule has 0 N–H and O–H groups in total. The van der Waals surface area contributed by atoms with Crippen LogP contribution in [0.3, 0.4) is 0 Å². The van der Waals surface area contributed by atoms with E-state index in [2.05, 4.69) is 33.8 Å². The number of anilines is 1. The number of aromatic nitrogens is 1. The molecule has 0 bridgehead atoms. The molecule has 1 fully saturated rings. The number of carbonyl (C=O) groups is 1. The third kappa shape index (κ3) is 3.71. The van der Waals surface area contributed by atoms with Crippen molar-refractivity contribution in [1.82, 2.24) is 9.88 Å². The van der Waals surface area contributed by atoms with E-state index in [0.29, 0.717) is 25.6 Å². The number of hydrogen-bond donors (Lipinski definition) is 0. The number of fused-ring (bicyclic) bond motifs is 3. The molecule has 6 nitrogen and oxygen atoms in total. The van der Waals surface area contributed by atoms with Crippen LogP contribution in [0.25, 0.3) is 0 Å². The maximum absolute atomic E-state index is 12.5. The topological polar surface area (TPSA) is 54.9 Å². The molecule has 2 aliphatic rings. The molecule has 0 unspecified atom stereocenters. The lowest BCUT2D eigenvalue weighted by Crippen LogP contribution is -2.58. The first-order valence-electron chi connectivity index (χ1n) is 8.78. The Labute approximate surface area is 157 Å². The first-order chi connectivity index (χ1) is 11.7. The molecule has 3 heterocycles. The SMILES string of the molecule is CCOc1nc2c(cc1Br)C[C@@H]1CN(C(=O)OC(C)(C)C)C[C@@H](C)N21. The minimum atomic E-state index is -0.477. The van der Waals surface area contributed by atoms with E-state index >= 15 is 0 Å². The molecule has 25 heavy (non-hydrogen) atoms. The van der Waals surface area contributed by atoms with E-state index in [1.165, 1.54) is 5.56 Å². The van der Waals surface area contributed by atoms with Crippen molar-refractivity contribution in [3.63, 3.8) is 0 Å². The minimum absolute atomic E-state index is 0.177. The molecular weight excluding hydrogens is 386 g/mol. The van der Waals surface area contributed by atoms with Gasteiger partial charge in [0.25, 0.3) is 0 Å². The average molecular weight is 412 g/mol. The lowest BCUT2D eigenvalue weighted by atomic mass is 10.1. The van der Waals surface area contributed by atoms with Gasteiger partial charge in [-0.2, -0.15) is 4.98 Å². The molecule has 3 rings (SSSR count). The molecule has 0 aliphatic carbocycles. The number of ether oxygens (including phenoxy) is 2. The number of hydrogen-bond acceptors (Lipinski definition) is 5.